The predicted octanol–water partition coefficient (Wildman–Crippen LogP) is 2.08. The van der Waals surface area contributed by atoms with Crippen molar-refractivity contribution in [2.24, 2.45) is 11.8 Å². The third-order valence-corrected chi connectivity index (χ3v) is 6.02. The van der Waals surface area contributed by atoms with Crippen LogP contribution in [0.2, 0.25) is 0 Å². The molecule has 0 aliphatic carbocycles. The number of hydrogen-bond donors (Lipinski definition) is 2. The summed E-state index contributed by atoms with van der Waals surface area (Å²) in [7, 11) is 0. The number of ether oxygens (including phenoxy) is 2. The van der Waals surface area contributed by atoms with Crippen LogP contribution in [0, 0.1) is 11.8 Å². The summed E-state index contributed by atoms with van der Waals surface area (Å²) in [5.41, 5.74) is -0.556. The monoisotopic (exact) mass is 440 g/mol. The van der Waals surface area contributed by atoms with Crippen molar-refractivity contribution in [2.75, 3.05) is 52.4 Å². The molecule has 2 aliphatic heterocycles. The maximum atomic E-state index is 12.7. The van der Waals surface area contributed by atoms with Gasteiger partial charge < -0.3 is 29.9 Å². The Balaban J connectivity index is 1.82. The molecule has 0 aromatic heterocycles. The van der Waals surface area contributed by atoms with E-state index in [9.17, 15) is 9.59 Å². The van der Waals surface area contributed by atoms with Gasteiger partial charge in [0, 0.05) is 45.3 Å². The van der Waals surface area contributed by atoms with Gasteiger partial charge in [-0.05, 0) is 46.0 Å². The first-order valence-corrected chi connectivity index (χ1v) is 11.9. The first kappa shape index (κ1) is 25.9. The van der Waals surface area contributed by atoms with Crippen LogP contribution in [0.15, 0.2) is 0 Å². The summed E-state index contributed by atoms with van der Waals surface area (Å²) in [5.74, 6) is 0.770. The molecule has 8 nitrogen and oxygen atoms in total. The second-order valence-corrected chi connectivity index (χ2v) is 10.2. The molecular formula is C23H44N4O4. The third-order valence-electron chi connectivity index (χ3n) is 6.02. The summed E-state index contributed by atoms with van der Waals surface area (Å²) < 4.78 is 11.1. The average molecular weight is 441 g/mol. The lowest BCUT2D eigenvalue weighted by Crippen LogP contribution is -2.53. The van der Waals surface area contributed by atoms with Crippen molar-refractivity contribution in [3.05, 3.63) is 0 Å². The zero-order valence-corrected chi connectivity index (χ0v) is 20.4. The van der Waals surface area contributed by atoms with Crippen molar-refractivity contribution in [1.82, 2.24) is 20.4 Å². The minimum atomic E-state index is -0.646. The summed E-state index contributed by atoms with van der Waals surface area (Å²) >= 11 is 0. The lowest BCUT2D eigenvalue weighted by atomic mass is 9.89. The molecule has 2 amide bonds. The zero-order valence-electron chi connectivity index (χ0n) is 20.4. The molecule has 2 aliphatic rings. The number of nitrogens with zero attached hydrogens (tertiary/aromatic N) is 2. The highest BCUT2D eigenvalue weighted by Gasteiger charge is 2.32. The second kappa shape index (κ2) is 12.0. The fraction of sp³-hybridized carbons (Fsp3) is 0.913. The van der Waals surface area contributed by atoms with Gasteiger partial charge >= 0.3 is 6.09 Å². The van der Waals surface area contributed by atoms with Crippen LogP contribution in [0.4, 0.5) is 4.79 Å². The van der Waals surface area contributed by atoms with E-state index < -0.39 is 17.8 Å². The number of carbonyl (C=O) groups excluding carboxylic acids is 2. The molecule has 8 heteroatoms. The van der Waals surface area contributed by atoms with Gasteiger partial charge in [0.1, 0.15) is 5.60 Å². The summed E-state index contributed by atoms with van der Waals surface area (Å²) in [6, 6.07) is 0.530. The molecule has 0 saturated carbocycles. The molecule has 0 aromatic rings. The van der Waals surface area contributed by atoms with Crippen molar-refractivity contribution >= 4 is 12.0 Å². The topological polar surface area (TPSA) is 83.1 Å². The molecule has 0 spiro atoms. The molecular weight excluding hydrogens is 396 g/mol. The van der Waals surface area contributed by atoms with E-state index in [1.807, 2.05) is 20.8 Å². The van der Waals surface area contributed by atoms with E-state index in [-0.39, 0.29) is 12.5 Å². The summed E-state index contributed by atoms with van der Waals surface area (Å²) in [4.78, 5) is 29.2. The van der Waals surface area contributed by atoms with Crippen molar-refractivity contribution in [1.29, 1.82) is 0 Å². The van der Waals surface area contributed by atoms with E-state index in [0.29, 0.717) is 37.6 Å². The maximum Gasteiger partial charge on any atom is 0.410 e. The molecule has 0 aromatic carbocycles. The molecule has 2 rings (SSSR count). The van der Waals surface area contributed by atoms with Gasteiger partial charge in [-0.1, -0.05) is 20.3 Å². The molecule has 0 bridgehead atoms. The van der Waals surface area contributed by atoms with Gasteiger partial charge in [-0.25, -0.2) is 4.79 Å². The zero-order chi connectivity index (χ0) is 23.0. The van der Waals surface area contributed by atoms with E-state index >= 15 is 0 Å². The molecule has 2 N–H and O–H groups in total. The van der Waals surface area contributed by atoms with Crippen LogP contribution in [-0.2, 0) is 14.3 Å². The molecule has 2 fully saturated rings. The minimum absolute atomic E-state index is 0.147. The van der Waals surface area contributed by atoms with E-state index in [0.717, 1.165) is 39.0 Å². The Kier molecular flexibility index (Phi) is 10.0. The van der Waals surface area contributed by atoms with Crippen molar-refractivity contribution in [3.8, 4) is 0 Å². The number of morpholine rings is 1. The quantitative estimate of drug-likeness (QED) is 0.601. The van der Waals surface area contributed by atoms with Gasteiger partial charge in [0.05, 0.1) is 13.2 Å². The number of piperazine rings is 1. The van der Waals surface area contributed by atoms with E-state index in [1.54, 1.807) is 4.90 Å². The largest absolute Gasteiger partial charge is 0.444 e. The Bertz CT molecular complexity index is 580. The Morgan fingerprint density at radius 1 is 1.26 bits per heavy atom. The van der Waals surface area contributed by atoms with Crippen LogP contribution in [-0.4, -0.2) is 92.0 Å². The van der Waals surface area contributed by atoms with Crippen molar-refractivity contribution in [3.63, 3.8) is 0 Å². The van der Waals surface area contributed by atoms with E-state index in [2.05, 4.69) is 36.3 Å². The molecule has 3 unspecified atom stereocenters. The molecule has 4 atom stereocenters. The Hall–Kier alpha value is -1.38. The number of nitrogens with one attached hydrogen (secondary N) is 2. The highest BCUT2D eigenvalue weighted by molar-refractivity contribution is 5.82. The second-order valence-electron chi connectivity index (χ2n) is 10.2. The van der Waals surface area contributed by atoms with E-state index in [4.69, 9.17) is 9.47 Å². The number of rotatable bonds is 8. The van der Waals surface area contributed by atoms with Gasteiger partial charge in [0.15, 0.2) is 6.10 Å². The number of hydrogen-bond acceptors (Lipinski definition) is 6. The molecule has 31 heavy (non-hydrogen) atoms. The summed E-state index contributed by atoms with van der Waals surface area (Å²) in [5, 5.41) is 6.57. The molecule has 0 radical (unpaired) electrons. The van der Waals surface area contributed by atoms with Crippen LogP contribution >= 0.6 is 0 Å². The van der Waals surface area contributed by atoms with Gasteiger partial charge in [-0.2, -0.15) is 0 Å². The Labute approximate surface area is 188 Å². The lowest BCUT2D eigenvalue weighted by molar-refractivity contribution is -0.138. The van der Waals surface area contributed by atoms with Crippen LogP contribution in [0.5, 0.6) is 0 Å². The van der Waals surface area contributed by atoms with Gasteiger partial charge in [0.25, 0.3) is 5.91 Å². The van der Waals surface area contributed by atoms with Crippen LogP contribution in [0.25, 0.3) is 0 Å². The highest BCUT2D eigenvalue weighted by Crippen LogP contribution is 2.20. The van der Waals surface area contributed by atoms with Crippen molar-refractivity contribution in [2.45, 2.75) is 72.1 Å². The number of carbonyl (C=O) groups is 2. The lowest BCUT2D eigenvalue weighted by Gasteiger charge is -2.36. The standard InChI is InChI=1S/C23H44N4O4/c1-7-8-19(15-26-10-9-24-18(3)14-26)17(2)13-25-21(28)20-16-27(11-12-30-20)22(29)31-23(4,5)6/h17-20,24H,7-16H2,1-6H3,(H,25,28)/t17?,18-,19?,20?/m0/s1. The number of amides is 2. The average Bonchev–Trinajstić information content (AvgIpc) is 2.70. The first-order chi connectivity index (χ1) is 14.6. The van der Waals surface area contributed by atoms with Gasteiger partial charge in [-0.15, -0.1) is 0 Å². The van der Waals surface area contributed by atoms with Gasteiger partial charge in [-0.3, -0.25) is 4.79 Å². The van der Waals surface area contributed by atoms with Crippen LogP contribution in [0.1, 0.15) is 54.4 Å². The minimum Gasteiger partial charge on any atom is -0.444 e. The van der Waals surface area contributed by atoms with E-state index in [1.165, 1.54) is 0 Å². The normalized spacial score (nSPS) is 25.0. The fourth-order valence-electron chi connectivity index (χ4n) is 4.28. The van der Waals surface area contributed by atoms with Crippen molar-refractivity contribution < 1.29 is 19.1 Å². The molecule has 2 saturated heterocycles. The maximum absolute atomic E-state index is 12.7. The highest BCUT2D eigenvalue weighted by atomic mass is 16.6. The molecule has 2 heterocycles. The smallest absolute Gasteiger partial charge is 0.410 e. The van der Waals surface area contributed by atoms with Crippen LogP contribution in [0.3, 0.4) is 0 Å². The van der Waals surface area contributed by atoms with Crippen LogP contribution < -0.4 is 10.6 Å². The third kappa shape index (κ3) is 8.94. The fourth-order valence-corrected chi connectivity index (χ4v) is 4.28. The summed E-state index contributed by atoms with van der Waals surface area (Å²) in [6.07, 6.45) is 1.26. The first-order valence-electron chi connectivity index (χ1n) is 11.9. The van der Waals surface area contributed by atoms with Gasteiger partial charge in [0.2, 0.25) is 0 Å². The SMILES string of the molecule is CCCC(CN1CCN[C@@H](C)C1)C(C)CNC(=O)C1CN(C(=O)OC(C)(C)C)CCO1. The molecule has 180 valence electrons. The Morgan fingerprint density at radius 3 is 2.65 bits per heavy atom. The predicted molar refractivity (Wildman–Crippen MR) is 122 cm³/mol. The Morgan fingerprint density at radius 2 is 2.00 bits per heavy atom. The summed E-state index contributed by atoms with van der Waals surface area (Å²) in [6.45, 7) is 18.1.